The molecule has 0 unspecified atom stereocenters. The lowest BCUT2D eigenvalue weighted by molar-refractivity contribution is -0.384. The Morgan fingerprint density at radius 2 is 2.00 bits per heavy atom. The van der Waals surface area contributed by atoms with E-state index in [4.69, 9.17) is 11.6 Å². The minimum absolute atomic E-state index is 0.00349. The molecule has 128 valence electrons. The monoisotopic (exact) mass is 359 g/mol. The fourth-order valence-corrected chi connectivity index (χ4v) is 2.84. The number of nitrogens with one attached hydrogen (secondary N) is 2. The highest BCUT2D eigenvalue weighted by molar-refractivity contribution is 6.32. The Kier molecular flexibility index (Phi) is 4.67. The first-order valence-electron chi connectivity index (χ1n) is 7.62. The third-order valence-electron chi connectivity index (χ3n) is 3.89. The summed E-state index contributed by atoms with van der Waals surface area (Å²) < 4.78 is 0. The molecule has 0 bridgehead atoms. The van der Waals surface area contributed by atoms with E-state index in [9.17, 15) is 19.7 Å². The molecule has 0 spiro atoms. The van der Waals surface area contributed by atoms with Gasteiger partial charge in [0.15, 0.2) is 0 Å². The first kappa shape index (κ1) is 16.9. The topological polar surface area (TPSA) is 101 Å². The zero-order valence-electron chi connectivity index (χ0n) is 13.0. The van der Waals surface area contributed by atoms with Crippen LogP contribution in [0.3, 0.4) is 0 Å². The van der Waals surface area contributed by atoms with Crippen LogP contribution in [0, 0.1) is 10.1 Å². The third kappa shape index (κ3) is 3.77. The average Bonchev–Trinajstić information content (AvgIpc) is 2.76. The molecule has 0 aromatic heterocycles. The summed E-state index contributed by atoms with van der Waals surface area (Å²) >= 11 is 5.76. The number of amides is 2. The predicted molar refractivity (Wildman–Crippen MR) is 94.1 cm³/mol. The summed E-state index contributed by atoms with van der Waals surface area (Å²) in [5, 5.41) is 16.4. The number of anilines is 2. The first-order chi connectivity index (χ1) is 11.9. The van der Waals surface area contributed by atoms with Crippen LogP contribution in [0.5, 0.6) is 0 Å². The highest BCUT2D eigenvalue weighted by Gasteiger charge is 2.17. The van der Waals surface area contributed by atoms with Gasteiger partial charge < -0.3 is 10.6 Å². The van der Waals surface area contributed by atoms with E-state index in [0.29, 0.717) is 30.5 Å². The molecule has 7 nitrogen and oxygen atoms in total. The van der Waals surface area contributed by atoms with Gasteiger partial charge in [-0.25, -0.2) is 0 Å². The second-order valence-electron chi connectivity index (χ2n) is 5.65. The number of carbonyl (C=O) groups is 2. The average molecular weight is 360 g/mol. The van der Waals surface area contributed by atoms with Crippen molar-refractivity contribution in [3.8, 4) is 0 Å². The number of nitro benzene ring substituents is 1. The summed E-state index contributed by atoms with van der Waals surface area (Å²) in [6, 6.07) is 9.09. The fraction of sp³-hybridized carbons (Fsp3) is 0.176. The maximum atomic E-state index is 12.4. The molecule has 2 aromatic rings. The lowest BCUT2D eigenvalue weighted by Gasteiger charge is -2.10. The number of hydrogen-bond acceptors (Lipinski definition) is 4. The van der Waals surface area contributed by atoms with Crippen LogP contribution in [-0.4, -0.2) is 16.7 Å². The van der Waals surface area contributed by atoms with Gasteiger partial charge in [0.1, 0.15) is 5.02 Å². The molecule has 0 radical (unpaired) electrons. The first-order valence-corrected chi connectivity index (χ1v) is 8.00. The van der Waals surface area contributed by atoms with Gasteiger partial charge in [0.2, 0.25) is 5.91 Å². The number of hydrogen-bond donors (Lipinski definition) is 2. The number of carbonyl (C=O) groups excluding carboxylic acids is 2. The van der Waals surface area contributed by atoms with Gasteiger partial charge in [-0.3, -0.25) is 19.7 Å². The van der Waals surface area contributed by atoms with Crippen LogP contribution < -0.4 is 10.6 Å². The van der Waals surface area contributed by atoms with Crippen molar-refractivity contribution in [3.63, 3.8) is 0 Å². The maximum Gasteiger partial charge on any atom is 0.289 e. The molecule has 0 saturated heterocycles. The largest absolute Gasteiger partial charge is 0.326 e. The zero-order valence-corrected chi connectivity index (χ0v) is 13.8. The maximum absolute atomic E-state index is 12.4. The lowest BCUT2D eigenvalue weighted by Crippen LogP contribution is -2.13. The molecule has 3 rings (SSSR count). The Morgan fingerprint density at radius 3 is 2.76 bits per heavy atom. The Hall–Kier alpha value is -2.93. The van der Waals surface area contributed by atoms with Crippen molar-refractivity contribution in [2.75, 3.05) is 10.6 Å². The Bertz CT molecular complexity index is 882. The molecule has 0 saturated carbocycles. The van der Waals surface area contributed by atoms with Gasteiger partial charge in [-0.2, -0.15) is 0 Å². The summed E-state index contributed by atoms with van der Waals surface area (Å²) in [6.45, 7) is 0. The second kappa shape index (κ2) is 6.90. The van der Waals surface area contributed by atoms with Crippen molar-refractivity contribution < 1.29 is 14.5 Å². The van der Waals surface area contributed by atoms with Gasteiger partial charge in [0, 0.05) is 29.4 Å². The molecular formula is C17H14ClN3O4. The Labute approximate surface area is 148 Å². The molecule has 0 fully saturated rings. The summed E-state index contributed by atoms with van der Waals surface area (Å²) in [4.78, 5) is 34.3. The number of rotatable bonds is 3. The van der Waals surface area contributed by atoms with E-state index >= 15 is 0 Å². The molecule has 1 aliphatic heterocycles. The van der Waals surface area contributed by atoms with E-state index in [1.807, 2.05) is 0 Å². The molecule has 25 heavy (non-hydrogen) atoms. The predicted octanol–water partition coefficient (Wildman–Crippen LogP) is 3.78. The number of nitrogens with zero attached hydrogens (tertiary/aromatic N) is 1. The van der Waals surface area contributed by atoms with Gasteiger partial charge in [-0.15, -0.1) is 0 Å². The molecule has 2 amide bonds. The van der Waals surface area contributed by atoms with Crippen molar-refractivity contribution >= 4 is 40.5 Å². The number of nitro groups is 1. The highest BCUT2D eigenvalue weighted by atomic mass is 35.5. The smallest absolute Gasteiger partial charge is 0.289 e. The van der Waals surface area contributed by atoms with E-state index in [1.165, 1.54) is 18.2 Å². The molecule has 1 heterocycles. The molecule has 0 aliphatic carbocycles. The van der Waals surface area contributed by atoms with Crippen LogP contribution in [0.2, 0.25) is 5.02 Å². The minimum Gasteiger partial charge on any atom is -0.326 e. The lowest BCUT2D eigenvalue weighted by atomic mass is 10.0. The van der Waals surface area contributed by atoms with Crippen molar-refractivity contribution in [2.24, 2.45) is 0 Å². The third-order valence-corrected chi connectivity index (χ3v) is 4.21. The summed E-state index contributed by atoms with van der Waals surface area (Å²) in [7, 11) is 0. The van der Waals surface area contributed by atoms with Crippen molar-refractivity contribution in [1.82, 2.24) is 0 Å². The minimum atomic E-state index is -0.608. The van der Waals surface area contributed by atoms with Crippen LogP contribution in [0.4, 0.5) is 17.1 Å². The normalized spacial score (nSPS) is 13.4. The molecule has 2 aromatic carbocycles. The van der Waals surface area contributed by atoms with Crippen LogP contribution in [0.1, 0.15) is 28.8 Å². The van der Waals surface area contributed by atoms with E-state index in [0.717, 1.165) is 5.56 Å². The summed E-state index contributed by atoms with van der Waals surface area (Å²) in [5.41, 5.74) is 2.02. The van der Waals surface area contributed by atoms with Crippen molar-refractivity contribution in [3.05, 3.63) is 62.7 Å². The second-order valence-corrected chi connectivity index (χ2v) is 6.06. The fourth-order valence-electron chi connectivity index (χ4n) is 2.65. The molecule has 2 N–H and O–H groups in total. The molecular weight excluding hydrogens is 346 g/mol. The molecule has 1 aliphatic rings. The van der Waals surface area contributed by atoms with Crippen LogP contribution in [-0.2, 0) is 11.2 Å². The Balaban J connectivity index is 1.82. The van der Waals surface area contributed by atoms with E-state index in [-0.39, 0.29) is 22.3 Å². The van der Waals surface area contributed by atoms with Gasteiger partial charge >= 0.3 is 0 Å². The standard InChI is InChI=1S/C17H14ClN3O4/c18-13-6-5-12(9-15(13)21(24)25)19-17(23)11-4-7-14-10(8-11)2-1-3-16(22)20-14/h4-9H,1-3H2,(H,19,23)(H,20,22). The molecule has 0 atom stereocenters. The Morgan fingerprint density at radius 1 is 1.20 bits per heavy atom. The quantitative estimate of drug-likeness (QED) is 0.643. The number of benzene rings is 2. The van der Waals surface area contributed by atoms with Gasteiger partial charge in [0.25, 0.3) is 11.6 Å². The summed E-state index contributed by atoms with van der Waals surface area (Å²) in [5.74, 6) is -0.431. The van der Waals surface area contributed by atoms with Gasteiger partial charge in [-0.1, -0.05) is 11.6 Å². The number of halogens is 1. The van der Waals surface area contributed by atoms with Crippen LogP contribution >= 0.6 is 11.6 Å². The van der Waals surface area contributed by atoms with Crippen molar-refractivity contribution in [1.29, 1.82) is 0 Å². The molecule has 8 heteroatoms. The number of fused-ring (bicyclic) bond motifs is 1. The van der Waals surface area contributed by atoms with E-state index < -0.39 is 10.8 Å². The van der Waals surface area contributed by atoms with E-state index in [2.05, 4.69) is 10.6 Å². The zero-order chi connectivity index (χ0) is 18.0. The highest BCUT2D eigenvalue weighted by Crippen LogP contribution is 2.28. The SMILES string of the molecule is O=C1CCCc2cc(C(=O)Nc3ccc(Cl)c([N+](=O)[O-])c3)ccc2N1. The van der Waals surface area contributed by atoms with Gasteiger partial charge in [-0.05, 0) is 48.7 Å². The van der Waals surface area contributed by atoms with E-state index in [1.54, 1.807) is 18.2 Å². The van der Waals surface area contributed by atoms with Crippen molar-refractivity contribution in [2.45, 2.75) is 19.3 Å². The number of aryl methyl sites for hydroxylation is 1. The van der Waals surface area contributed by atoms with Gasteiger partial charge in [0.05, 0.1) is 4.92 Å². The van der Waals surface area contributed by atoms with Crippen LogP contribution in [0.15, 0.2) is 36.4 Å². The summed E-state index contributed by atoms with van der Waals surface area (Å²) in [6.07, 6.45) is 1.86. The van der Waals surface area contributed by atoms with Crippen LogP contribution in [0.25, 0.3) is 0 Å².